The van der Waals surface area contributed by atoms with Crippen LogP contribution in [0.1, 0.15) is 25.3 Å². The number of nitrogens with zero attached hydrogens (tertiary/aromatic N) is 2. The van der Waals surface area contributed by atoms with Crippen molar-refractivity contribution in [2.45, 2.75) is 32.2 Å². The molecule has 0 bridgehead atoms. The summed E-state index contributed by atoms with van der Waals surface area (Å²) in [5.74, 6) is 0.482. The molecule has 0 aromatic heterocycles. The topological polar surface area (TPSA) is 62.9 Å². The van der Waals surface area contributed by atoms with E-state index in [1.165, 1.54) is 18.4 Å². The highest BCUT2D eigenvalue weighted by molar-refractivity contribution is 14.0. The summed E-state index contributed by atoms with van der Waals surface area (Å²) in [6, 6.07) is 8.99. The molecule has 6 heteroatoms. The minimum absolute atomic E-state index is 0. The second-order valence-electron chi connectivity index (χ2n) is 5.71. The molecule has 0 unspecified atom stereocenters. The summed E-state index contributed by atoms with van der Waals surface area (Å²) in [7, 11) is 1.75. The van der Waals surface area contributed by atoms with Gasteiger partial charge in [0.05, 0.1) is 13.2 Å². The van der Waals surface area contributed by atoms with E-state index in [-0.39, 0.29) is 24.0 Å². The van der Waals surface area contributed by atoms with Crippen LogP contribution in [-0.2, 0) is 11.2 Å². The van der Waals surface area contributed by atoms with E-state index in [4.69, 9.17) is 10.5 Å². The Kier molecular flexibility index (Phi) is 9.50. The lowest BCUT2D eigenvalue weighted by Crippen LogP contribution is -2.33. The van der Waals surface area contributed by atoms with E-state index in [1.807, 2.05) is 12.1 Å². The zero-order valence-electron chi connectivity index (χ0n) is 14.1. The minimum Gasteiger partial charge on any atom is -0.383 e. The Morgan fingerprint density at radius 3 is 2.83 bits per heavy atom. The van der Waals surface area contributed by atoms with Crippen LogP contribution in [0, 0.1) is 0 Å². The first kappa shape index (κ1) is 20.2. The van der Waals surface area contributed by atoms with Gasteiger partial charge in [-0.15, -0.1) is 24.0 Å². The summed E-state index contributed by atoms with van der Waals surface area (Å²) < 4.78 is 5.16. The lowest BCUT2D eigenvalue weighted by atomic mass is 10.1. The van der Waals surface area contributed by atoms with Gasteiger partial charge in [0.2, 0.25) is 0 Å². The van der Waals surface area contributed by atoms with Gasteiger partial charge in [0.15, 0.2) is 5.96 Å². The molecule has 1 aromatic rings. The monoisotopic (exact) mass is 432 g/mol. The number of aryl methyl sites for hydroxylation is 1. The van der Waals surface area contributed by atoms with Gasteiger partial charge in [0.25, 0.3) is 0 Å². The summed E-state index contributed by atoms with van der Waals surface area (Å²) in [5.41, 5.74) is 8.26. The zero-order valence-corrected chi connectivity index (χ0v) is 16.5. The van der Waals surface area contributed by atoms with E-state index in [9.17, 15) is 0 Å². The number of halogens is 1. The second-order valence-corrected chi connectivity index (χ2v) is 5.71. The SMILES string of the molecule is CCc1cccc(NC(N)=NCCN(CCOC)C2CC2)c1.I. The molecule has 0 heterocycles. The maximum absolute atomic E-state index is 5.97. The standard InChI is InChI=1S/C17H28N4O.HI/c1-3-14-5-4-6-15(13-14)20-17(18)19-9-10-21(11-12-22-2)16-7-8-16;/h4-6,13,16H,3,7-12H2,1-2H3,(H3,18,19,20);1H. The zero-order chi connectivity index (χ0) is 15.8. The molecule has 23 heavy (non-hydrogen) atoms. The van der Waals surface area contributed by atoms with Gasteiger partial charge < -0.3 is 15.8 Å². The van der Waals surface area contributed by atoms with Crippen molar-refractivity contribution in [1.82, 2.24) is 4.90 Å². The van der Waals surface area contributed by atoms with Crippen LogP contribution < -0.4 is 11.1 Å². The summed E-state index contributed by atoms with van der Waals surface area (Å²) >= 11 is 0. The van der Waals surface area contributed by atoms with Gasteiger partial charge in [-0.3, -0.25) is 9.89 Å². The van der Waals surface area contributed by atoms with Crippen LogP contribution in [0.15, 0.2) is 29.3 Å². The third-order valence-corrected chi connectivity index (χ3v) is 3.92. The van der Waals surface area contributed by atoms with E-state index >= 15 is 0 Å². The van der Waals surface area contributed by atoms with Gasteiger partial charge in [-0.2, -0.15) is 0 Å². The highest BCUT2D eigenvalue weighted by atomic mass is 127. The number of aliphatic imine (C=N–C) groups is 1. The number of hydrogen-bond acceptors (Lipinski definition) is 3. The highest BCUT2D eigenvalue weighted by Crippen LogP contribution is 2.26. The quantitative estimate of drug-likeness (QED) is 0.358. The lowest BCUT2D eigenvalue weighted by molar-refractivity contribution is 0.145. The summed E-state index contributed by atoms with van der Waals surface area (Å²) in [4.78, 5) is 6.88. The Morgan fingerprint density at radius 2 is 2.17 bits per heavy atom. The van der Waals surface area contributed by atoms with Crippen molar-refractivity contribution in [3.05, 3.63) is 29.8 Å². The van der Waals surface area contributed by atoms with Crippen LogP contribution in [0.4, 0.5) is 5.69 Å². The molecular formula is C17H29IN4O. The minimum atomic E-state index is 0. The number of anilines is 1. The maximum Gasteiger partial charge on any atom is 0.193 e. The van der Waals surface area contributed by atoms with Crippen LogP contribution in [0.3, 0.4) is 0 Å². The Morgan fingerprint density at radius 1 is 1.39 bits per heavy atom. The molecular weight excluding hydrogens is 403 g/mol. The molecule has 0 radical (unpaired) electrons. The second kappa shape index (κ2) is 10.8. The van der Waals surface area contributed by atoms with Crippen molar-refractivity contribution < 1.29 is 4.74 Å². The Balaban J connectivity index is 0.00000264. The average Bonchev–Trinajstić information content (AvgIpc) is 3.35. The molecule has 3 N–H and O–H groups in total. The number of ether oxygens (including phenoxy) is 1. The van der Waals surface area contributed by atoms with Gasteiger partial charge in [-0.1, -0.05) is 19.1 Å². The largest absolute Gasteiger partial charge is 0.383 e. The first-order valence-electron chi connectivity index (χ1n) is 8.11. The molecule has 0 atom stereocenters. The van der Waals surface area contributed by atoms with Gasteiger partial charge in [0.1, 0.15) is 0 Å². The van der Waals surface area contributed by atoms with E-state index in [0.29, 0.717) is 12.5 Å². The molecule has 1 aliphatic rings. The number of nitrogens with two attached hydrogens (primary N) is 1. The third kappa shape index (κ3) is 7.50. The fourth-order valence-corrected chi connectivity index (χ4v) is 2.48. The molecule has 1 saturated carbocycles. The predicted molar refractivity (Wildman–Crippen MR) is 108 cm³/mol. The summed E-state index contributed by atoms with van der Waals surface area (Å²) in [6.07, 6.45) is 3.61. The molecule has 0 spiro atoms. The van der Waals surface area contributed by atoms with E-state index < -0.39 is 0 Å². The Bertz CT molecular complexity index is 491. The number of hydrogen-bond donors (Lipinski definition) is 2. The smallest absolute Gasteiger partial charge is 0.193 e. The van der Waals surface area contributed by atoms with Crippen molar-refractivity contribution in [3.63, 3.8) is 0 Å². The van der Waals surface area contributed by atoms with Crippen molar-refractivity contribution in [2.24, 2.45) is 10.7 Å². The molecule has 0 saturated heterocycles. The van der Waals surface area contributed by atoms with Gasteiger partial charge in [-0.25, -0.2) is 0 Å². The molecule has 5 nitrogen and oxygen atoms in total. The molecule has 130 valence electrons. The summed E-state index contributed by atoms with van der Waals surface area (Å²) in [6.45, 7) is 5.54. The van der Waals surface area contributed by atoms with E-state index in [0.717, 1.165) is 37.8 Å². The van der Waals surface area contributed by atoms with Crippen molar-refractivity contribution >= 4 is 35.6 Å². The van der Waals surface area contributed by atoms with Crippen LogP contribution in [0.2, 0.25) is 0 Å². The van der Waals surface area contributed by atoms with Gasteiger partial charge >= 0.3 is 0 Å². The van der Waals surface area contributed by atoms with E-state index in [1.54, 1.807) is 7.11 Å². The van der Waals surface area contributed by atoms with Crippen LogP contribution in [0.5, 0.6) is 0 Å². The predicted octanol–water partition coefficient (Wildman–Crippen LogP) is 2.70. The molecule has 1 aromatic carbocycles. The van der Waals surface area contributed by atoms with Crippen molar-refractivity contribution in [1.29, 1.82) is 0 Å². The van der Waals surface area contributed by atoms with Crippen LogP contribution >= 0.6 is 24.0 Å². The van der Waals surface area contributed by atoms with Gasteiger partial charge in [0, 0.05) is 31.9 Å². The molecule has 0 amide bonds. The average molecular weight is 432 g/mol. The fraction of sp³-hybridized carbons (Fsp3) is 0.588. The summed E-state index contributed by atoms with van der Waals surface area (Å²) in [5, 5.41) is 3.16. The third-order valence-electron chi connectivity index (χ3n) is 3.92. The molecule has 0 aliphatic heterocycles. The maximum atomic E-state index is 5.97. The van der Waals surface area contributed by atoms with Crippen molar-refractivity contribution in [3.8, 4) is 0 Å². The number of nitrogens with one attached hydrogen (secondary N) is 1. The Labute approximate surface area is 156 Å². The fourth-order valence-electron chi connectivity index (χ4n) is 2.48. The van der Waals surface area contributed by atoms with Crippen molar-refractivity contribution in [2.75, 3.05) is 38.7 Å². The van der Waals surface area contributed by atoms with Crippen LogP contribution in [0.25, 0.3) is 0 Å². The van der Waals surface area contributed by atoms with Crippen LogP contribution in [-0.4, -0.2) is 50.3 Å². The first-order valence-corrected chi connectivity index (χ1v) is 8.11. The highest BCUT2D eigenvalue weighted by Gasteiger charge is 2.27. The number of guanidine groups is 1. The number of methoxy groups -OCH3 is 1. The normalized spacial score (nSPS) is 14.7. The molecule has 1 aliphatic carbocycles. The molecule has 2 rings (SSSR count). The van der Waals surface area contributed by atoms with E-state index in [2.05, 4.69) is 34.3 Å². The Hall–Kier alpha value is -0.860. The van der Waals surface area contributed by atoms with Gasteiger partial charge in [-0.05, 0) is 37.0 Å². The first-order chi connectivity index (χ1) is 10.7. The number of rotatable bonds is 9. The number of benzene rings is 1. The lowest BCUT2D eigenvalue weighted by Gasteiger charge is -2.20. The molecule has 1 fully saturated rings.